The van der Waals surface area contributed by atoms with E-state index in [-0.39, 0.29) is 29.1 Å². The van der Waals surface area contributed by atoms with Crippen LogP contribution in [0.5, 0.6) is 0 Å². The maximum Gasteiger partial charge on any atom is 0.326 e. The van der Waals surface area contributed by atoms with E-state index in [1.165, 1.54) is 12.1 Å². The van der Waals surface area contributed by atoms with Crippen LogP contribution in [0.1, 0.15) is 32.8 Å². The van der Waals surface area contributed by atoms with Gasteiger partial charge < -0.3 is 10.4 Å². The summed E-state index contributed by atoms with van der Waals surface area (Å²) in [5.41, 5.74) is 0.292. The highest BCUT2D eigenvalue weighted by Gasteiger charge is 2.23. The molecule has 1 rings (SSSR count). The quantitative estimate of drug-likeness (QED) is 0.819. The Hall–Kier alpha value is -1.89. The van der Waals surface area contributed by atoms with Crippen LogP contribution in [-0.4, -0.2) is 37.7 Å². The molecule has 0 aliphatic rings. The van der Waals surface area contributed by atoms with Crippen LogP contribution in [-0.2, 0) is 25.8 Å². The predicted molar refractivity (Wildman–Crippen MR) is 86.9 cm³/mol. The molecule has 6 nitrogen and oxygen atoms in total. The van der Waals surface area contributed by atoms with Crippen LogP contribution in [0, 0.1) is 5.41 Å². The number of nitrogens with one attached hydrogen (secondary N) is 1. The van der Waals surface area contributed by atoms with Crippen LogP contribution in [0.2, 0.25) is 0 Å². The third-order valence-corrected chi connectivity index (χ3v) is 4.20. The summed E-state index contributed by atoms with van der Waals surface area (Å²) in [4.78, 5) is 23.4. The first-order chi connectivity index (χ1) is 10.4. The summed E-state index contributed by atoms with van der Waals surface area (Å²) in [5, 5.41) is 11.8. The minimum Gasteiger partial charge on any atom is -0.480 e. The molecule has 1 aromatic carbocycles. The standard InChI is InChI=1S/C16H23NO5S/c1-16(2,3)10-14(18)17-13(15(19)20)9-11-6-5-7-12(8-11)23(4,21)22/h5-8,13H,9-10H2,1-4H3,(H,17,18)(H,19,20)/t13-/m0/s1. The number of rotatable bonds is 6. The predicted octanol–water partition coefficient (Wildman–Crippen LogP) is 1.64. The summed E-state index contributed by atoms with van der Waals surface area (Å²) in [6, 6.07) is 4.98. The molecule has 0 spiro atoms. The van der Waals surface area contributed by atoms with Gasteiger partial charge in [-0.3, -0.25) is 4.79 Å². The molecular weight excluding hydrogens is 318 g/mol. The molecule has 1 aromatic rings. The summed E-state index contributed by atoms with van der Waals surface area (Å²) in [5.74, 6) is -1.50. The Labute approximate surface area is 136 Å². The lowest BCUT2D eigenvalue weighted by atomic mass is 9.91. The van der Waals surface area contributed by atoms with Gasteiger partial charge in [0.25, 0.3) is 0 Å². The van der Waals surface area contributed by atoms with Gasteiger partial charge in [-0.15, -0.1) is 0 Å². The van der Waals surface area contributed by atoms with E-state index < -0.39 is 21.8 Å². The topological polar surface area (TPSA) is 101 Å². The molecule has 128 valence electrons. The first-order valence-electron chi connectivity index (χ1n) is 7.20. The van der Waals surface area contributed by atoms with E-state index in [0.29, 0.717) is 5.56 Å². The van der Waals surface area contributed by atoms with Gasteiger partial charge in [-0.2, -0.15) is 0 Å². The van der Waals surface area contributed by atoms with Crippen molar-refractivity contribution in [3.63, 3.8) is 0 Å². The average molecular weight is 341 g/mol. The van der Waals surface area contributed by atoms with Crippen LogP contribution in [0.25, 0.3) is 0 Å². The molecule has 2 N–H and O–H groups in total. The van der Waals surface area contributed by atoms with E-state index in [1.807, 2.05) is 20.8 Å². The van der Waals surface area contributed by atoms with E-state index in [2.05, 4.69) is 5.32 Å². The Kier molecular flexibility index (Phi) is 5.93. The van der Waals surface area contributed by atoms with E-state index >= 15 is 0 Å². The van der Waals surface area contributed by atoms with Crippen molar-refractivity contribution in [3.05, 3.63) is 29.8 Å². The van der Waals surface area contributed by atoms with Gasteiger partial charge in [-0.1, -0.05) is 32.9 Å². The average Bonchev–Trinajstić information content (AvgIpc) is 2.35. The smallest absolute Gasteiger partial charge is 0.326 e. The number of amides is 1. The maximum atomic E-state index is 11.9. The van der Waals surface area contributed by atoms with Crippen molar-refractivity contribution >= 4 is 21.7 Å². The third-order valence-electron chi connectivity index (χ3n) is 3.09. The lowest BCUT2D eigenvalue weighted by molar-refractivity contribution is -0.142. The van der Waals surface area contributed by atoms with Crippen LogP contribution in [0.4, 0.5) is 0 Å². The van der Waals surface area contributed by atoms with Gasteiger partial charge >= 0.3 is 5.97 Å². The Balaban J connectivity index is 2.89. The first kappa shape index (κ1) is 19.2. The largest absolute Gasteiger partial charge is 0.480 e. The SMILES string of the molecule is CC(C)(C)CC(=O)N[C@@H](Cc1cccc(S(C)(=O)=O)c1)C(=O)O. The van der Waals surface area contributed by atoms with Gasteiger partial charge in [0.05, 0.1) is 4.90 Å². The zero-order valence-corrected chi connectivity index (χ0v) is 14.6. The molecule has 0 aromatic heterocycles. The number of carboxylic acid groups (broad SMARTS) is 1. The van der Waals surface area contributed by atoms with E-state index in [9.17, 15) is 23.1 Å². The van der Waals surface area contributed by atoms with Crippen molar-refractivity contribution in [2.75, 3.05) is 6.26 Å². The second-order valence-corrected chi connectivity index (χ2v) is 8.84. The monoisotopic (exact) mass is 341 g/mol. The highest BCUT2D eigenvalue weighted by Crippen LogP contribution is 2.18. The Bertz CT molecular complexity index is 689. The third kappa shape index (κ3) is 6.81. The van der Waals surface area contributed by atoms with Crippen molar-refractivity contribution in [1.29, 1.82) is 0 Å². The molecule has 0 fully saturated rings. The molecule has 0 aliphatic heterocycles. The Morgan fingerprint density at radius 2 is 1.87 bits per heavy atom. The molecule has 0 unspecified atom stereocenters. The molecule has 0 aliphatic carbocycles. The number of benzene rings is 1. The van der Waals surface area contributed by atoms with E-state index in [1.54, 1.807) is 12.1 Å². The number of hydrogen-bond donors (Lipinski definition) is 2. The van der Waals surface area contributed by atoms with Crippen LogP contribution >= 0.6 is 0 Å². The van der Waals surface area contributed by atoms with E-state index in [0.717, 1.165) is 6.26 Å². The van der Waals surface area contributed by atoms with Crippen LogP contribution in [0.3, 0.4) is 0 Å². The highest BCUT2D eigenvalue weighted by atomic mass is 32.2. The lowest BCUT2D eigenvalue weighted by Crippen LogP contribution is -2.43. The fraction of sp³-hybridized carbons (Fsp3) is 0.500. The van der Waals surface area contributed by atoms with Crippen LogP contribution in [0.15, 0.2) is 29.2 Å². The molecule has 7 heteroatoms. The second-order valence-electron chi connectivity index (χ2n) is 6.82. The molecule has 0 saturated carbocycles. The zero-order valence-electron chi connectivity index (χ0n) is 13.8. The molecule has 0 bridgehead atoms. The fourth-order valence-electron chi connectivity index (χ4n) is 2.07. The minimum absolute atomic E-state index is 0.0224. The van der Waals surface area contributed by atoms with Crippen LogP contribution < -0.4 is 5.32 Å². The summed E-state index contributed by atoms with van der Waals surface area (Å²) >= 11 is 0. The Morgan fingerprint density at radius 3 is 2.35 bits per heavy atom. The van der Waals surface area contributed by atoms with Crippen molar-refractivity contribution < 1.29 is 23.1 Å². The highest BCUT2D eigenvalue weighted by molar-refractivity contribution is 7.90. The summed E-state index contributed by atoms with van der Waals surface area (Å²) in [6.07, 6.45) is 1.32. The molecule has 1 amide bonds. The number of carboxylic acids is 1. The number of carbonyl (C=O) groups excluding carboxylic acids is 1. The first-order valence-corrected chi connectivity index (χ1v) is 9.09. The van der Waals surface area contributed by atoms with Gasteiger partial charge in [0.2, 0.25) is 5.91 Å². The number of aliphatic carboxylic acids is 1. The fourth-order valence-corrected chi connectivity index (χ4v) is 2.76. The van der Waals surface area contributed by atoms with Crippen molar-refractivity contribution in [2.45, 2.75) is 44.6 Å². The molecule has 0 heterocycles. The van der Waals surface area contributed by atoms with Gasteiger partial charge in [-0.25, -0.2) is 13.2 Å². The summed E-state index contributed by atoms with van der Waals surface area (Å²) in [7, 11) is -3.36. The number of carbonyl (C=O) groups is 2. The lowest BCUT2D eigenvalue weighted by Gasteiger charge is -2.20. The maximum absolute atomic E-state index is 11.9. The van der Waals surface area contributed by atoms with Crippen molar-refractivity contribution in [2.24, 2.45) is 5.41 Å². The van der Waals surface area contributed by atoms with Crippen molar-refractivity contribution in [3.8, 4) is 0 Å². The number of sulfone groups is 1. The van der Waals surface area contributed by atoms with Gasteiger partial charge in [0.1, 0.15) is 6.04 Å². The number of hydrogen-bond acceptors (Lipinski definition) is 4. The molecule has 0 saturated heterocycles. The van der Waals surface area contributed by atoms with E-state index in [4.69, 9.17) is 0 Å². The zero-order chi connectivity index (χ0) is 17.8. The van der Waals surface area contributed by atoms with Crippen molar-refractivity contribution in [1.82, 2.24) is 5.32 Å². The van der Waals surface area contributed by atoms with Gasteiger partial charge in [-0.05, 0) is 23.1 Å². The second kappa shape index (κ2) is 7.12. The van der Waals surface area contributed by atoms with Gasteiger partial charge in [0.15, 0.2) is 9.84 Å². The minimum atomic E-state index is -3.36. The molecule has 23 heavy (non-hydrogen) atoms. The van der Waals surface area contributed by atoms with Gasteiger partial charge in [0, 0.05) is 19.1 Å². The summed E-state index contributed by atoms with van der Waals surface area (Å²) < 4.78 is 23.1. The molecule has 1 atom stereocenters. The Morgan fingerprint density at radius 1 is 1.26 bits per heavy atom. The summed E-state index contributed by atoms with van der Waals surface area (Å²) in [6.45, 7) is 5.66. The molecular formula is C16H23NO5S. The normalized spacial score (nSPS) is 13.4. The molecule has 0 radical (unpaired) electrons.